The molecule has 0 saturated carbocycles. The minimum atomic E-state index is 0.0343. The van der Waals surface area contributed by atoms with Gasteiger partial charge >= 0.3 is 0 Å². The standard InChI is InChI=1S/C20H34N4O/c1-15-9-7-8-10-18(15)11-22-19(21-6)23-14-20(4,5)24-12-16(2)25-17(3)13-24/h7-10,16-17H,11-14H2,1-6H3,(H2,21,22,23). The highest BCUT2D eigenvalue weighted by atomic mass is 16.5. The summed E-state index contributed by atoms with van der Waals surface area (Å²) >= 11 is 0. The molecule has 2 atom stereocenters. The molecule has 25 heavy (non-hydrogen) atoms. The first-order valence-corrected chi connectivity index (χ1v) is 9.21. The van der Waals surface area contributed by atoms with Crippen LogP contribution in [0.4, 0.5) is 0 Å². The van der Waals surface area contributed by atoms with Crippen LogP contribution in [-0.2, 0) is 11.3 Å². The van der Waals surface area contributed by atoms with Crippen LogP contribution in [0.3, 0.4) is 0 Å². The quantitative estimate of drug-likeness (QED) is 0.635. The zero-order valence-corrected chi connectivity index (χ0v) is 16.6. The minimum Gasteiger partial charge on any atom is -0.373 e. The van der Waals surface area contributed by atoms with Crippen LogP contribution in [-0.4, -0.2) is 55.3 Å². The highest BCUT2D eigenvalue weighted by molar-refractivity contribution is 5.79. The lowest BCUT2D eigenvalue weighted by atomic mass is 10.00. The predicted molar refractivity (Wildman–Crippen MR) is 105 cm³/mol. The first-order chi connectivity index (χ1) is 11.8. The molecule has 1 aliphatic heterocycles. The topological polar surface area (TPSA) is 48.9 Å². The summed E-state index contributed by atoms with van der Waals surface area (Å²) in [5, 5.41) is 6.90. The molecule has 0 aliphatic carbocycles. The Morgan fingerprint density at radius 3 is 2.44 bits per heavy atom. The number of morpholine rings is 1. The van der Waals surface area contributed by atoms with Crippen LogP contribution in [0.15, 0.2) is 29.3 Å². The van der Waals surface area contributed by atoms with E-state index < -0.39 is 0 Å². The molecule has 5 nitrogen and oxygen atoms in total. The summed E-state index contributed by atoms with van der Waals surface area (Å²) in [6.45, 7) is 14.5. The molecule has 0 amide bonds. The van der Waals surface area contributed by atoms with Crippen molar-refractivity contribution in [2.75, 3.05) is 26.7 Å². The lowest BCUT2D eigenvalue weighted by Crippen LogP contribution is -2.59. The third-order valence-corrected chi connectivity index (χ3v) is 4.90. The molecular formula is C20H34N4O. The summed E-state index contributed by atoms with van der Waals surface area (Å²) < 4.78 is 5.86. The van der Waals surface area contributed by atoms with Gasteiger partial charge in [0.15, 0.2) is 5.96 Å². The van der Waals surface area contributed by atoms with Crippen LogP contribution < -0.4 is 10.6 Å². The molecule has 5 heteroatoms. The van der Waals surface area contributed by atoms with Gasteiger partial charge in [0.2, 0.25) is 0 Å². The lowest BCUT2D eigenvalue weighted by molar-refractivity contribution is -0.0946. The Labute approximate surface area is 152 Å². The van der Waals surface area contributed by atoms with Gasteiger partial charge in [-0.15, -0.1) is 0 Å². The number of nitrogens with zero attached hydrogens (tertiary/aromatic N) is 2. The van der Waals surface area contributed by atoms with Gasteiger partial charge in [-0.1, -0.05) is 24.3 Å². The maximum atomic E-state index is 5.86. The van der Waals surface area contributed by atoms with Crippen molar-refractivity contribution in [3.8, 4) is 0 Å². The van der Waals surface area contributed by atoms with Gasteiger partial charge in [0, 0.05) is 38.8 Å². The number of aliphatic imine (C=N–C) groups is 1. The normalized spacial score (nSPS) is 22.7. The molecule has 1 aliphatic rings. The van der Waals surface area contributed by atoms with Crippen molar-refractivity contribution in [1.82, 2.24) is 15.5 Å². The van der Waals surface area contributed by atoms with Gasteiger partial charge in [0.05, 0.1) is 12.2 Å². The second kappa shape index (κ2) is 8.68. The molecule has 140 valence electrons. The van der Waals surface area contributed by atoms with Gasteiger partial charge in [-0.3, -0.25) is 9.89 Å². The minimum absolute atomic E-state index is 0.0343. The van der Waals surface area contributed by atoms with Crippen molar-refractivity contribution in [1.29, 1.82) is 0 Å². The molecule has 0 aromatic heterocycles. The van der Waals surface area contributed by atoms with Crippen LogP contribution in [0, 0.1) is 6.92 Å². The van der Waals surface area contributed by atoms with Gasteiger partial charge in [-0.05, 0) is 45.7 Å². The Morgan fingerprint density at radius 1 is 1.20 bits per heavy atom. The van der Waals surface area contributed by atoms with Gasteiger partial charge in [-0.2, -0.15) is 0 Å². The van der Waals surface area contributed by atoms with E-state index in [1.165, 1.54) is 11.1 Å². The average Bonchev–Trinajstić information content (AvgIpc) is 2.55. The third kappa shape index (κ3) is 5.72. The van der Waals surface area contributed by atoms with Crippen molar-refractivity contribution in [2.45, 2.75) is 58.9 Å². The Balaban J connectivity index is 1.88. The molecule has 2 N–H and O–H groups in total. The highest BCUT2D eigenvalue weighted by Gasteiger charge is 2.33. The van der Waals surface area contributed by atoms with E-state index in [-0.39, 0.29) is 17.7 Å². The van der Waals surface area contributed by atoms with E-state index in [1.807, 2.05) is 7.05 Å². The fourth-order valence-electron chi connectivity index (χ4n) is 3.29. The van der Waals surface area contributed by atoms with Crippen LogP contribution in [0.25, 0.3) is 0 Å². The van der Waals surface area contributed by atoms with Crippen molar-refractivity contribution in [3.05, 3.63) is 35.4 Å². The van der Waals surface area contributed by atoms with E-state index >= 15 is 0 Å². The molecule has 0 radical (unpaired) electrons. The lowest BCUT2D eigenvalue weighted by Gasteiger charge is -2.45. The van der Waals surface area contributed by atoms with Gasteiger partial charge in [0.1, 0.15) is 0 Å². The molecule has 2 rings (SSSR count). The Hall–Kier alpha value is -1.59. The second-order valence-corrected chi connectivity index (χ2v) is 7.68. The number of nitrogens with one attached hydrogen (secondary N) is 2. The smallest absolute Gasteiger partial charge is 0.191 e. The first-order valence-electron chi connectivity index (χ1n) is 9.21. The number of rotatable bonds is 5. The van der Waals surface area contributed by atoms with E-state index in [9.17, 15) is 0 Å². The molecule has 1 fully saturated rings. The molecule has 1 saturated heterocycles. The molecule has 1 heterocycles. The van der Waals surface area contributed by atoms with E-state index in [4.69, 9.17) is 4.74 Å². The van der Waals surface area contributed by atoms with Crippen molar-refractivity contribution in [2.24, 2.45) is 4.99 Å². The summed E-state index contributed by atoms with van der Waals surface area (Å²) in [5.74, 6) is 0.839. The van der Waals surface area contributed by atoms with Crippen LogP contribution in [0.5, 0.6) is 0 Å². The van der Waals surface area contributed by atoms with Crippen LogP contribution in [0.1, 0.15) is 38.8 Å². The molecule has 1 aromatic carbocycles. The number of aryl methyl sites for hydroxylation is 1. The summed E-state index contributed by atoms with van der Waals surface area (Å²) in [4.78, 5) is 6.87. The fraction of sp³-hybridized carbons (Fsp3) is 0.650. The molecule has 2 unspecified atom stereocenters. The number of ether oxygens (including phenoxy) is 1. The van der Waals surface area contributed by atoms with Gasteiger partial charge in [-0.25, -0.2) is 0 Å². The summed E-state index contributed by atoms with van der Waals surface area (Å²) in [7, 11) is 1.82. The van der Waals surface area contributed by atoms with Crippen molar-refractivity contribution < 1.29 is 4.74 Å². The van der Waals surface area contributed by atoms with E-state index in [2.05, 4.69) is 79.4 Å². The molecule has 0 spiro atoms. The Kier molecular flexibility index (Phi) is 6.85. The third-order valence-electron chi connectivity index (χ3n) is 4.90. The Bertz CT molecular complexity index is 575. The summed E-state index contributed by atoms with van der Waals surface area (Å²) in [5.41, 5.74) is 2.62. The van der Waals surface area contributed by atoms with Crippen molar-refractivity contribution in [3.63, 3.8) is 0 Å². The maximum Gasteiger partial charge on any atom is 0.191 e. The fourth-order valence-corrected chi connectivity index (χ4v) is 3.29. The van der Waals surface area contributed by atoms with Crippen molar-refractivity contribution >= 4 is 5.96 Å². The number of benzene rings is 1. The second-order valence-electron chi connectivity index (χ2n) is 7.68. The zero-order chi connectivity index (χ0) is 18.4. The van der Waals surface area contributed by atoms with E-state index in [1.54, 1.807) is 0 Å². The Morgan fingerprint density at radius 2 is 1.84 bits per heavy atom. The van der Waals surface area contributed by atoms with Crippen LogP contribution >= 0.6 is 0 Å². The van der Waals surface area contributed by atoms with Gasteiger partial charge < -0.3 is 15.4 Å². The number of hydrogen-bond acceptors (Lipinski definition) is 3. The van der Waals surface area contributed by atoms with Gasteiger partial charge in [0.25, 0.3) is 0 Å². The highest BCUT2D eigenvalue weighted by Crippen LogP contribution is 2.20. The maximum absolute atomic E-state index is 5.86. The van der Waals surface area contributed by atoms with Crippen LogP contribution in [0.2, 0.25) is 0 Å². The molecule has 1 aromatic rings. The molecule has 0 bridgehead atoms. The SMILES string of the molecule is CN=C(NCc1ccccc1C)NCC(C)(C)N1CC(C)OC(C)C1. The summed E-state index contributed by atoms with van der Waals surface area (Å²) in [6, 6.07) is 8.43. The number of hydrogen-bond donors (Lipinski definition) is 2. The zero-order valence-electron chi connectivity index (χ0n) is 16.6. The summed E-state index contributed by atoms with van der Waals surface area (Å²) in [6.07, 6.45) is 0.558. The average molecular weight is 347 g/mol. The van der Waals surface area contributed by atoms with E-state index in [0.717, 1.165) is 32.1 Å². The predicted octanol–water partition coefficient (Wildman–Crippen LogP) is 2.55. The first kappa shape index (κ1) is 19.7. The number of guanidine groups is 1. The molecular weight excluding hydrogens is 312 g/mol. The monoisotopic (exact) mass is 346 g/mol. The largest absolute Gasteiger partial charge is 0.373 e. The van der Waals surface area contributed by atoms with E-state index in [0.29, 0.717) is 0 Å².